The first-order valence-corrected chi connectivity index (χ1v) is 14.4. The van der Waals surface area contributed by atoms with Crippen molar-refractivity contribution in [3.63, 3.8) is 0 Å². The van der Waals surface area contributed by atoms with E-state index >= 15 is 0 Å². The van der Waals surface area contributed by atoms with Gasteiger partial charge in [0.05, 0.1) is 0 Å². The molecule has 202 valence electrons. The molecule has 0 amide bonds. The van der Waals surface area contributed by atoms with E-state index in [2.05, 4.69) is 121 Å². The highest BCUT2D eigenvalue weighted by Crippen LogP contribution is 2.39. The highest BCUT2D eigenvalue weighted by molar-refractivity contribution is 6.13. The van der Waals surface area contributed by atoms with E-state index in [4.69, 9.17) is 19.4 Å². The van der Waals surface area contributed by atoms with Gasteiger partial charge in [0, 0.05) is 45.3 Å². The van der Waals surface area contributed by atoms with E-state index in [1.807, 2.05) is 12.1 Å². The van der Waals surface area contributed by atoms with Crippen molar-refractivity contribution in [2.75, 3.05) is 11.9 Å². The topological polar surface area (TPSA) is 63.8 Å². The van der Waals surface area contributed by atoms with Crippen molar-refractivity contribution in [2.45, 2.75) is 0 Å². The summed E-state index contributed by atoms with van der Waals surface area (Å²) in [5.41, 5.74) is 6.66. The Morgan fingerprint density at radius 2 is 1.21 bits per heavy atom. The predicted molar refractivity (Wildman–Crippen MR) is 176 cm³/mol. The maximum absolute atomic E-state index is 6.37. The zero-order valence-electron chi connectivity index (χ0n) is 23.1. The fourth-order valence-electron chi connectivity index (χ4n) is 6.13. The van der Waals surface area contributed by atoms with Gasteiger partial charge in [0.25, 0.3) is 0 Å². The smallest absolute Gasteiger partial charge is 0.164 e. The summed E-state index contributed by atoms with van der Waals surface area (Å²) in [4.78, 5) is 15.2. The number of nitrogens with one attached hydrogen (secondary N) is 1. The van der Waals surface area contributed by atoms with Crippen LogP contribution in [0.25, 0.3) is 83.7 Å². The Balaban J connectivity index is 1.30. The zero-order valence-corrected chi connectivity index (χ0v) is 23.1. The number of benzene rings is 6. The minimum Gasteiger partial charge on any atom is -0.456 e. The van der Waals surface area contributed by atoms with Crippen LogP contribution in [-0.4, -0.2) is 21.5 Å². The lowest BCUT2D eigenvalue weighted by Gasteiger charge is -2.13. The molecule has 0 fully saturated rings. The quantitative estimate of drug-likeness (QED) is 0.236. The standard InChI is InChI=1S/C38H24N4O/c1-3-9-25-19-28(16-14-23(25)7-1)36-40-37(29-17-15-24-8-2-4-10-26(24)20-29)42-38(41-36)30-12-5-13-33-35(30)31-22-32-27(11-6-18-39-32)21-34(31)43-33/h1-17,19-22,39H,18H2. The SMILES string of the molecule is C1=Cc2cc3oc4cccc(-c5nc(-c6ccc7ccccc7c6)nc(-c6ccc7ccccc7c6)n5)c4c3cc2NC1. The predicted octanol–water partition coefficient (Wildman–Crippen LogP) is 9.52. The van der Waals surface area contributed by atoms with Crippen molar-refractivity contribution in [3.8, 4) is 34.2 Å². The largest absolute Gasteiger partial charge is 0.456 e. The molecule has 3 heterocycles. The van der Waals surface area contributed by atoms with Gasteiger partial charge in [-0.1, -0.05) is 97.1 Å². The third-order valence-corrected chi connectivity index (χ3v) is 8.27. The molecule has 0 bridgehead atoms. The van der Waals surface area contributed by atoms with Crippen LogP contribution in [0.5, 0.6) is 0 Å². The Morgan fingerprint density at radius 1 is 0.558 bits per heavy atom. The molecule has 43 heavy (non-hydrogen) atoms. The van der Waals surface area contributed by atoms with Gasteiger partial charge in [-0.3, -0.25) is 0 Å². The van der Waals surface area contributed by atoms with Crippen molar-refractivity contribution in [1.82, 2.24) is 15.0 Å². The second-order valence-corrected chi connectivity index (χ2v) is 10.9. The first-order chi connectivity index (χ1) is 21.3. The summed E-state index contributed by atoms with van der Waals surface area (Å²) in [6.45, 7) is 0.804. The van der Waals surface area contributed by atoms with Crippen LogP contribution < -0.4 is 5.32 Å². The number of fused-ring (bicyclic) bond motifs is 6. The lowest BCUT2D eigenvalue weighted by Crippen LogP contribution is -2.03. The third-order valence-electron chi connectivity index (χ3n) is 8.27. The van der Waals surface area contributed by atoms with Gasteiger partial charge in [-0.05, 0) is 51.9 Å². The van der Waals surface area contributed by atoms with Crippen LogP contribution in [0.15, 0.2) is 126 Å². The van der Waals surface area contributed by atoms with E-state index in [-0.39, 0.29) is 0 Å². The Hall–Kier alpha value is -5.81. The van der Waals surface area contributed by atoms with Gasteiger partial charge >= 0.3 is 0 Å². The average molecular weight is 553 g/mol. The molecule has 0 atom stereocenters. The highest BCUT2D eigenvalue weighted by atomic mass is 16.3. The molecule has 5 heteroatoms. The van der Waals surface area contributed by atoms with E-state index < -0.39 is 0 Å². The minimum absolute atomic E-state index is 0.611. The maximum Gasteiger partial charge on any atom is 0.164 e. The molecule has 5 nitrogen and oxygen atoms in total. The molecule has 1 aliphatic rings. The molecular formula is C38H24N4O. The molecule has 1 aliphatic heterocycles. The second-order valence-electron chi connectivity index (χ2n) is 10.9. The van der Waals surface area contributed by atoms with Crippen molar-refractivity contribution in [2.24, 2.45) is 0 Å². The van der Waals surface area contributed by atoms with Crippen molar-refractivity contribution in [1.29, 1.82) is 0 Å². The molecule has 0 unspecified atom stereocenters. The van der Waals surface area contributed by atoms with Gasteiger partial charge in [-0.2, -0.15) is 0 Å². The minimum atomic E-state index is 0.611. The van der Waals surface area contributed by atoms with Crippen molar-refractivity contribution < 1.29 is 4.42 Å². The monoisotopic (exact) mass is 552 g/mol. The van der Waals surface area contributed by atoms with E-state index in [0.717, 1.165) is 67.2 Å². The maximum atomic E-state index is 6.37. The first kappa shape index (κ1) is 23.9. The van der Waals surface area contributed by atoms with Crippen molar-refractivity contribution >= 4 is 55.2 Å². The van der Waals surface area contributed by atoms with Gasteiger partial charge < -0.3 is 9.73 Å². The number of anilines is 1. The molecule has 2 aromatic heterocycles. The van der Waals surface area contributed by atoms with E-state index in [0.29, 0.717) is 17.5 Å². The summed E-state index contributed by atoms with van der Waals surface area (Å²) < 4.78 is 6.37. The van der Waals surface area contributed by atoms with E-state index in [1.54, 1.807) is 0 Å². The van der Waals surface area contributed by atoms with Gasteiger partial charge in [0.15, 0.2) is 17.5 Å². The number of hydrogen-bond donors (Lipinski definition) is 1. The highest BCUT2D eigenvalue weighted by Gasteiger charge is 2.19. The van der Waals surface area contributed by atoms with Crippen LogP contribution in [0.4, 0.5) is 5.69 Å². The number of nitrogens with zero attached hydrogens (tertiary/aromatic N) is 3. The molecule has 0 saturated heterocycles. The molecule has 0 radical (unpaired) electrons. The number of rotatable bonds is 3. The average Bonchev–Trinajstić information content (AvgIpc) is 3.44. The third kappa shape index (κ3) is 3.97. The van der Waals surface area contributed by atoms with Crippen LogP contribution in [0, 0.1) is 0 Å². The molecule has 0 saturated carbocycles. The van der Waals surface area contributed by atoms with Crippen LogP contribution in [0.3, 0.4) is 0 Å². The van der Waals surface area contributed by atoms with Crippen LogP contribution in [0.1, 0.15) is 5.56 Å². The lowest BCUT2D eigenvalue weighted by atomic mass is 10.0. The molecule has 6 aromatic carbocycles. The zero-order chi connectivity index (χ0) is 28.3. The Morgan fingerprint density at radius 3 is 1.91 bits per heavy atom. The van der Waals surface area contributed by atoms with E-state index in [1.165, 1.54) is 10.8 Å². The molecule has 0 aliphatic carbocycles. The van der Waals surface area contributed by atoms with Crippen LogP contribution >= 0.6 is 0 Å². The molecule has 8 aromatic rings. The van der Waals surface area contributed by atoms with Crippen LogP contribution in [-0.2, 0) is 0 Å². The molecule has 9 rings (SSSR count). The van der Waals surface area contributed by atoms with Crippen molar-refractivity contribution in [3.05, 3.63) is 127 Å². The Bertz CT molecular complexity index is 2320. The second kappa shape index (κ2) is 9.36. The number of aromatic nitrogens is 3. The first-order valence-electron chi connectivity index (χ1n) is 14.4. The lowest BCUT2D eigenvalue weighted by molar-refractivity contribution is 0.669. The Kier molecular flexibility index (Phi) is 5.19. The number of furan rings is 1. The molecule has 0 spiro atoms. The van der Waals surface area contributed by atoms with Gasteiger partial charge in [-0.15, -0.1) is 0 Å². The van der Waals surface area contributed by atoms with E-state index in [9.17, 15) is 0 Å². The molecule has 1 N–H and O–H groups in total. The fraction of sp³-hybridized carbons (Fsp3) is 0.0263. The van der Waals surface area contributed by atoms with Gasteiger partial charge in [0.2, 0.25) is 0 Å². The van der Waals surface area contributed by atoms with Crippen LogP contribution in [0.2, 0.25) is 0 Å². The normalized spacial score (nSPS) is 12.7. The van der Waals surface area contributed by atoms with Gasteiger partial charge in [0.1, 0.15) is 11.2 Å². The van der Waals surface area contributed by atoms with Gasteiger partial charge in [-0.25, -0.2) is 15.0 Å². The number of hydrogen-bond acceptors (Lipinski definition) is 5. The summed E-state index contributed by atoms with van der Waals surface area (Å²) in [6.07, 6.45) is 4.26. The molecular weight excluding hydrogens is 528 g/mol. The summed E-state index contributed by atoms with van der Waals surface area (Å²) in [7, 11) is 0. The summed E-state index contributed by atoms with van der Waals surface area (Å²) >= 11 is 0. The summed E-state index contributed by atoms with van der Waals surface area (Å²) in [5, 5.41) is 10.2. The summed E-state index contributed by atoms with van der Waals surface area (Å²) in [6, 6.07) is 39.8. The Labute approximate surface area is 247 Å². The summed E-state index contributed by atoms with van der Waals surface area (Å²) in [5.74, 6) is 1.88. The fourth-order valence-corrected chi connectivity index (χ4v) is 6.13.